The van der Waals surface area contributed by atoms with Crippen LogP contribution in [0, 0.1) is 6.92 Å². The highest BCUT2D eigenvalue weighted by Gasteiger charge is 2.41. The first kappa shape index (κ1) is 27.6. The largest absolute Gasteiger partial charge is 0.444 e. The number of hydrogen-bond acceptors (Lipinski definition) is 5. The molecule has 2 N–H and O–H groups in total. The topological polar surface area (TPSA) is 87.7 Å². The van der Waals surface area contributed by atoms with Gasteiger partial charge in [0, 0.05) is 18.3 Å². The summed E-state index contributed by atoms with van der Waals surface area (Å²) < 4.78 is 5.36. The average Bonchev–Trinajstić information content (AvgIpc) is 2.80. The number of hydrogen-bond donors (Lipinski definition) is 3. The van der Waals surface area contributed by atoms with Crippen molar-refractivity contribution in [3.8, 4) is 0 Å². The van der Waals surface area contributed by atoms with Gasteiger partial charge in [-0.1, -0.05) is 60.2 Å². The van der Waals surface area contributed by atoms with E-state index < -0.39 is 23.8 Å². The van der Waals surface area contributed by atoms with Crippen LogP contribution in [0.3, 0.4) is 0 Å². The first-order valence-electron chi connectivity index (χ1n) is 12.4. The van der Waals surface area contributed by atoms with Crippen LogP contribution in [0.25, 0.3) is 0 Å². The molecule has 7 nitrogen and oxygen atoms in total. The van der Waals surface area contributed by atoms with Crippen LogP contribution in [-0.2, 0) is 20.9 Å². The summed E-state index contributed by atoms with van der Waals surface area (Å²) >= 11 is 4.34. The van der Waals surface area contributed by atoms with Gasteiger partial charge < -0.3 is 20.3 Å². The van der Waals surface area contributed by atoms with Crippen LogP contribution in [0.4, 0.5) is 4.79 Å². The van der Waals surface area contributed by atoms with Gasteiger partial charge in [-0.25, -0.2) is 4.79 Å². The maximum Gasteiger partial charge on any atom is 0.408 e. The minimum absolute atomic E-state index is 0.0769. The zero-order valence-corrected chi connectivity index (χ0v) is 22.4. The number of carbonyl (C=O) groups excluding carboxylic acids is 3. The van der Waals surface area contributed by atoms with Gasteiger partial charge >= 0.3 is 6.09 Å². The second kappa shape index (κ2) is 12.3. The third-order valence-corrected chi connectivity index (χ3v) is 6.49. The molecule has 2 unspecified atom stereocenters. The minimum atomic E-state index is -0.932. The van der Waals surface area contributed by atoms with E-state index in [-0.39, 0.29) is 23.6 Å². The Bertz CT molecular complexity index is 1030. The van der Waals surface area contributed by atoms with Crippen LogP contribution >= 0.6 is 12.6 Å². The number of nitrogens with one attached hydrogen (secondary N) is 2. The first-order chi connectivity index (χ1) is 17.1. The fourth-order valence-corrected chi connectivity index (χ4v) is 4.31. The van der Waals surface area contributed by atoms with Crippen molar-refractivity contribution in [2.45, 2.75) is 77.2 Å². The van der Waals surface area contributed by atoms with Crippen molar-refractivity contribution in [3.63, 3.8) is 0 Å². The van der Waals surface area contributed by atoms with Crippen LogP contribution in [0.5, 0.6) is 0 Å². The summed E-state index contributed by atoms with van der Waals surface area (Å²) in [5, 5.41) is 5.67. The van der Waals surface area contributed by atoms with E-state index >= 15 is 0 Å². The summed E-state index contributed by atoms with van der Waals surface area (Å²) in [6.45, 7) is 7.60. The predicted molar refractivity (Wildman–Crippen MR) is 144 cm³/mol. The molecule has 1 fully saturated rings. The number of thiol groups is 1. The highest BCUT2D eigenvalue weighted by molar-refractivity contribution is 7.80. The minimum Gasteiger partial charge on any atom is -0.444 e. The molecule has 2 atom stereocenters. The lowest BCUT2D eigenvalue weighted by Crippen LogP contribution is -2.58. The maximum absolute atomic E-state index is 13.9. The van der Waals surface area contributed by atoms with E-state index in [1.54, 1.807) is 25.7 Å². The Labute approximate surface area is 219 Å². The van der Waals surface area contributed by atoms with E-state index in [1.807, 2.05) is 61.5 Å². The summed E-state index contributed by atoms with van der Waals surface area (Å²) in [4.78, 5) is 41.7. The fraction of sp³-hybridized carbons (Fsp3) is 0.464. The smallest absolute Gasteiger partial charge is 0.408 e. The molecule has 0 aliphatic heterocycles. The summed E-state index contributed by atoms with van der Waals surface area (Å²) in [6, 6.07) is 15.4. The Morgan fingerprint density at radius 3 is 2.22 bits per heavy atom. The molecule has 0 bridgehead atoms. The molecular weight excluding hydrogens is 474 g/mol. The van der Waals surface area contributed by atoms with Crippen molar-refractivity contribution in [1.29, 1.82) is 0 Å². The molecule has 2 aromatic carbocycles. The molecule has 2 aromatic rings. The molecule has 1 saturated carbocycles. The lowest BCUT2D eigenvalue weighted by Gasteiger charge is -2.43. The molecule has 194 valence electrons. The summed E-state index contributed by atoms with van der Waals surface area (Å²) in [5.74, 6) is -0.535. The predicted octanol–water partition coefficient (Wildman–Crippen LogP) is 4.56. The fourth-order valence-electron chi connectivity index (χ4n) is 4.07. The second-order valence-electron chi connectivity index (χ2n) is 10.2. The number of amides is 3. The standard InChI is InChI=1S/C28H37N3O4S/c1-19-13-15-21(16-14-19)24(25(32)29-17-20-9-6-5-7-10-20)31(22-11-8-12-22)26(33)23(18-36)30-27(34)35-28(2,3)4/h5-7,9-10,13-16,22-24,36H,8,11-12,17-18H2,1-4H3,(H,29,32)(H,30,34). The summed E-state index contributed by atoms with van der Waals surface area (Å²) in [7, 11) is 0. The normalized spacial score (nSPS) is 15.2. The van der Waals surface area contributed by atoms with Crippen LogP contribution in [0.1, 0.15) is 62.8 Å². The number of aryl methyl sites for hydroxylation is 1. The van der Waals surface area contributed by atoms with E-state index in [0.717, 1.165) is 36.0 Å². The van der Waals surface area contributed by atoms with E-state index in [9.17, 15) is 14.4 Å². The molecule has 36 heavy (non-hydrogen) atoms. The molecule has 0 heterocycles. The molecule has 0 radical (unpaired) electrons. The summed E-state index contributed by atoms with van der Waals surface area (Å²) in [6.07, 6.45) is 1.88. The molecule has 1 aliphatic carbocycles. The quantitative estimate of drug-likeness (QED) is 0.431. The lowest BCUT2D eigenvalue weighted by atomic mass is 9.88. The molecule has 0 spiro atoms. The highest BCUT2D eigenvalue weighted by atomic mass is 32.1. The number of benzene rings is 2. The van der Waals surface area contributed by atoms with Gasteiger partial charge in [0.25, 0.3) is 0 Å². The third-order valence-electron chi connectivity index (χ3n) is 6.12. The molecule has 0 aromatic heterocycles. The van der Waals surface area contributed by atoms with Crippen molar-refractivity contribution in [3.05, 3.63) is 71.3 Å². The van der Waals surface area contributed by atoms with Crippen molar-refractivity contribution in [1.82, 2.24) is 15.5 Å². The molecule has 3 rings (SSSR count). The van der Waals surface area contributed by atoms with Gasteiger partial charge in [0.15, 0.2) is 0 Å². The van der Waals surface area contributed by atoms with Gasteiger partial charge in [-0.2, -0.15) is 12.6 Å². The molecule has 8 heteroatoms. The molecular formula is C28H37N3O4S. The van der Waals surface area contributed by atoms with Gasteiger partial charge in [-0.05, 0) is 58.1 Å². The van der Waals surface area contributed by atoms with Crippen molar-refractivity contribution in [2.75, 3.05) is 5.75 Å². The zero-order chi connectivity index (χ0) is 26.3. The Hall–Kier alpha value is -3.00. The number of nitrogens with zero attached hydrogens (tertiary/aromatic N) is 1. The Morgan fingerprint density at radius 1 is 1.06 bits per heavy atom. The average molecular weight is 512 g/mol. The van der Waals surface area contributed by atoms with Crippen molar-refractivity contribution < 1.29 is 19.1 Å². The Balaban J connectivity index is 1.90. The highest BCUT2D eigenvalue weighted by Crippen LogP contribution is 2.34. The first-order valence-corrected chi connectivity index (χ1v) is 13.0. The Morgan fingerprint density at radius 2 is 1.69 bits per heavy atom. The number of alkyl carbamates (subject to hydrolysis) is 1. The zero-order valence-electron chi connectivity index (χ0n) is 21.5. The van der Waals surface area contributed by atoms with Crippen LogP contribution < -0.4 is 10.6 Å². The lowest BCUT2D eigenvalue weighted by molar-refractivity contribution is -0.147. The number of rotatable bonds is 9. The number of ether oxygens (including phenoxy) is 1. The van der Waals surface area contributed by atoms with Gasteiger partial charge in [0.2, 0.25) is 11.8 Å². The maximum atomic E-state index is 13.9. The van der Waals surface area contributed by atoms with Crippen LogP contribution in [0.2, 0.25) is 0 Å². The van der Waals surface area contributed by atoms with Crippen molar-refractivity contribution >= 4 is 30.5 Å². The molecule has 3 amide bonds. The molecule has 0 saturated heterocycles. The SMILES string of the molecule is Cc1ccc(C(C(=O)NCc2ccccc2)N(C(=O)C(CS)NC(=O)OC(C)(C)C)C2CCC2)cc1. The van der Waals surface area contributed by atoms with Crippen molar-refractivity contribution in [2.24, 2.45) is 0 Å². The molecule has 1 aliphatic rings. The van der Waals surface area contributed by atoms with E-state index in [0.29, 0.717) is 6.54 Å². The second-order valence-corrected chi connectivity index (χ2v) is 10.6. The van der Waals surface area contributed by atoms with E-state index in [4.69, 9.17) is 4.74 Å². The Kier molecular flexibility index (Phi) is 9.43. The van der Waals surface area contributed by atoms with Gasteiger partial charge in [-0.15, -0.1) is 0 Å². The van der Waals surface area contributed by atoms with Crippen LogP contribution in [0.15, 0.2) is 54.6 Å². The van der Waals surface area contributed by atoms with E-state index in [1.165, 1.54) is 0 Å². The van der Waals surface area contributed by atoms with Gasteiger partial charge in [-0.3, -0.25) is 9.59 Å². The van der Waals surface area contributed by atoms with Gasteiger partial charge in [0.05, 0.1) is 0 Å². The third kappa shape index (κ3) is 7.50. The van der Waals surface area contributed by atoms with Crippen LogP contribution in [-0.4, -0.2) is 46.2 Å². The van der Waals surface area contributed by atoms with E-state index in [2.05, 4.69) is 23.3 Å². The summed E-state index contributed by atoms with van der Waals surface area (Å²) in [5.41, 5.74) is 2.05. The van der Waals surface area contributed by atoms with Gasteiger partial charge in [0.1, 0.15) is 17.7 Å². The monoisotopic (exact) mass is 511 g/mol. The number of carbonyl (C=O) groups is 3.